The quantitative estimate of drug-likeness (QED) is 0.341. The summed E-state index contributed by atoms with van der Waals surface area (Å²) < 4.78 is 17.0. The monoisotopic (exact) mass is 437 g/mol. The first-order chi connectivity index (χ1) is 14.0. The number of carbonyl (C=O) groups is 2. The van der Waals surface area contributed by atoms with Crippen molar-refractivity contribution in [1.29, 1.82) is 0 Å². The second-order valence-electron chi connectivity index (χ2n) is 6.70. The minimum atomic E-state index is -0.870. The summed E-state index contributed by atoms with van der Waals surface area (Å²) in [5.41, 5.74) is 0.986. The van der Waals surface area contributed by atoms with Crippen LogP contribution in [0, 0.1) is 12.3 Å². The average molecular weight is 438 g/mol. The van der Waals surface area contributed by atoms with Gasteiger partial charge in [0.25, 0.3) is 5.24 Å². The Bertz CT molecular complexity index is 749. The lowest BCUT2D eigenvalue weighted by molar-refractivity contribution is -0.117. The molecule has 1 atom stereocenters. The normalized spacial score (nSPS) is 11.3. The van der Waals surface area contributed by atoms with Crippen LogP contribution in [0.15, 0.2) is 24.3 Å². The van der Waals surface area contributed by atoms with Gasteiger partial charge in [0.05, 0.1) is 6.61 Å². The fourth-order valence-electron chi connectivity index (χ4n) is 2.69. The topological polar surface area (TPSA) is 63.7 Å². The zero-order valence-electron chi connectivity index (χ0n) is 17.4. The van der Waals surface area contributed by atoms with Gasteiger partial charge in [0.2, 0.25) is 0 Å². The zero-order chi connectivity index (χ0) is 21.5. The second kappa shape index (κ2) is 15.0. The lowest BCUT2D eigenvalue weighted by atomic mass is 10.1. The van der Waals surface area contributed by atoms with E-state index in [1.54, 1.807) is 11.8 Å². The van der Waals surface area contributed by atoms with Gasteiger partial charge in [-0.25, -0.2) is 4.21 Å². The lowest BCUT2D eigenvalue weighted by Crippen LogP contribution is -2.33. The Morgan fingerprint density at radius 1 is 1.17 bits per heavy atom. The Labute approximate surface area is 179 Å². The van der Waals surface area contributed by atoms with Crippen LogP contribution in [0.1, 0.15) is 57.9 Å². The van der Waals surface area contributed by atoms with Gasteiger partial charge in [0.15, 0.2) is 0 Å². The molecule has 1 aromatic rings. The van der Waals surface area contributed by atoms with Gasteiger partial charge in [0.1, 0.15) is 21.8 Å². The number of ether oxygens (including phenoxy) is 1. The summed E-state index contributed by atoms with van der Waals surface area (Å²) in [6.45, 7) is 5.05. The minimum absolute atomic E-state index is 0.107. The number of terminal acetylenes is 1. The lowest BCUT2D eigenvalue weighted by Gasteiger charge is -2.23. The second-order valence-corrected chi connectivity index (χ2v) is 10.1. The number of ketones is 1. The van der Waals surface area contributed by atoms with Crippen molar-refractivity contribution in [3.63, 3.8) is 0 Å². The molecular weight excluding hydrogens is 406 g/mol. The van der Waals surface area contributed by atoms with Crippen molar-refractivity contribution < 1.29 is 18.5 Å². The number of benzene rings is 1. The van der Waals surface area contributed by atoms with E-state index in [1.807, 2.05) is 31.2 Å². The molecule has 7 heteroatoms. The van der Waals surface area contributed by atoms with E-state index >= 15 is 0 Å². The van der Waals surface area contributed by atoms with E-state index in [9.17, 15) is 13.8 Å². The maximum absolute atomic E-state index is 12.7. The maximum Gasteiger partial charge on any atom is 0.288 e. The molecule has 1 amide bonds. The Morgan fingerprint density at radius 2 is 1.90 bits per heavy atom. The Morgan fingerprint density at radius 3 is 2.48 bits per heavy atom. The summed E-state index contributed by atoms with van der Waals surface area (Å²) >= 11 is 0. The van der Waals surface area contributed by atoms with Crippen molar-refractivity contribution in [2.24, 2.45) is 0 Å². The summed E-state index contributed by atoms with van der Waals surface area (Å²) in [4.78, 5) is 25.6. The number of hydrogen-bond acceptors (Lipinski definition) is 4. The highest BCUT2D eigenvalue weighted by molar-refractivity contribution is 8.39. The van der Waals surface area contributed by atoms with Gasteiger partial charge in [-0.3, -0.25) is 4.79 Å². The first kappa shape index (κ1) is 25.1. The first-order valence-corrected chi connectivity index (χ1v) is 12.6. The Kier molecular flexibility index (Phi) is 13.0. The molecule has 29 heavy (non-hydrogen) atoms. The molecule has 0 N–H and O–H groups in total. The number of amides is 1. The third-order valence-corrected chi connectivity index (χ3v) is 7.25. The van der Waals surface area contributed by atoms with Crippen LogP contribution in [0.5, 0.6) is 5.75 Å². The zero-order valence-corrected chi connectivity index (χ0v) is 19.0. The van der Waals surface area contributed by atoms with Crippen LogP contribution in [0.4, 0.5) is 4.79 Å². The van der Waals surface area contributed by atoms with E-state index in [1.165, 1.54) is 0 Å². The van der Waals surface area contributed by atoms with Crippen molar-refractivity contribution >= 4 is 30.7 Å². The van der Waals surface area contributed by atoms with E-state index in [0.717, 1.165) is 43.4 Å². The highest BCUT2D eigenvalue weighted by atomic mass is 32.8. The summed E-state index contributed by atoms with van der Waals surface area (Å²) in [5, 5.41) is -0.107. The van der Waals surface area contributed by atoms with Gasteiger partial charge in [0, 0.05) is 31.7 Å². The van der Waals surface area contributed by atoms with Gasteiger partial charge < -0.3 is 14.4 Å². The first-order valence-electron chi connectivity index (χ1n) is 9.96. The number of rotatable bonds is 13. The molecule has 0 radical (unpaired) electrons. The van der Waals surface area contributed by atoms with Crippen LogP contribution < -0.4 is 4.74 Å². The molecule has 1 unspecified atom stereocenters. The minimum Gasteiger partial charge on any atom is -0.494 e. The van der Waals surface area contributed by atoms with Crippen molar-refractivity contribution in [2.75, 3.05) is 18.9 Å². The molecule has 0 saturated heterocycles. The standard InChI is InChI=1S/C22H31NO4S2/c1-4-6-7-10-17-27-21-14-12-20(13-15-21)18-23(16-9-8-11-19(3)24)22(25)29(5-2)28-26/h1,12-15H,5-11,16-18H2,2-3H3. The molecule has 160 valence electrons. The third kappa shape index (κ3) is 10.4. The third-order valence-electron chi connectivity index (χ3n) is 4.29. The number of hydrogen-bond donors (Lipinski definition) is 0. The predicted octanol–water partition coefficient (Wildman–Crippen LogP) is 4.32. The molecule has 1 rings (SSSR count). The molecular formula is C22H31NO4S2. The molecule has 0 aromatic heterocycles. The van der Waals surface area contributed by atoms with Crippen molar-refractivity contribution in [3.05, 3.63) is 29.8 Å². The SMILES string of the molecule is C#CCCCCOc1ccc(CN(CCCCC(C)=O)C(=O)S(CC)=S=O)cc1. The Balaban J connectivity index is 2.68. The smallest absolute Gasteiger partial charge is 0.288 e. The molecule has 0 bridgehead atoms. The number of unbranched alkanes of at least 4 members (excludes halogenated alkanes) is 3. The van der Waals surface area contributed by atoms with Gasteiger partial charge in [-0.15, -0.1) is 12.3 Å². The molecule has 0 heterocycles. The fraction of sp³-hybridized carbons (Fsp3) is 0.545. The predicted molar refractivity (Wildman–Crippen MR) is 121 cm³/mol. The summed E-state index contributed by atoms with van der Waals surface area (Å²) in [6, 6.07) is 7.69. The van der Waals surface area contributed by atoms with E-state index in [2.05, 4.69) is 5.92 Å². The van der Waals surface area contributed by atoms with Crippen LogP contribution in [-0.4, -0.2) is 39.0 Å². The molecule has 0 aliphatic carbocycles. The van der Waals surface area contributed by atoms with Crippen molar-refractivity contribution in [3.8, 4) is 18.1 Å². The number of Topliss-reactive ketones (excluding diaryl/α,β-unsaturated/α-hetero) is 1. The van der Waals surface area contributed by atoms with Crippen LogP contribution in [0.3, 0.4) is 0 Å². The van der Waals surface area contributed by atoms with Gasteiger partial charge in [-0.1, -0.05) is 19.1 Å². The number of carbonyl (C=O) groups excluding carboxylic acids is 2. The van der Waals surface area contributed by atoms with Crippen molar-refractivity contribution in [2.45, 2.75) is 58.9 Å². The molecule has 0 saturated carbocycles. The fourth-order valence-corrected chi connectivity index (χ4v) is 4.31. The van der Waals surface area contributed by atoms with Crippen LogP contribution in [0.25, 0.3) is 0 Å². The van der Waals surface area contributed by atoms with Gasteiger partial charge >= 0.3 is 0 Å². The van der Waals surface area contributed by atoms with Gasteiger partial charge in [-0.2, -0.15) is 0 Å². The largest absolute Gasteiger partial charge is 0.494 e. The van der Waals surface area contributed by atoms with E-state index in [-0.39, 0.29) is 11.0 Å². The number of nitrogens with zero attached hydrogens (tertiary/aromatic N) is 1. The maximum atomic E-state index is 12.7. The van der Waals surface area contributed by atoms with Crippen LogP contribution in [-0.2, 0) is 31.0 Å². The van der Waals surface area contributed by atoms with Crippen LogP contribution in [0.2, 0.25) is 0 Å². The molecule has 0 aliphatic rings. The van der Waals surface area contributed by atoms with E-state index < -0.39 is 9.45 Å². The van der Waals surface area contributed by atoms with E-state index in [4.69, 9.17) is 11.2 Å². The molecule has 5 nitrogen and oxygen atoms in total. The summed E-state index contributed by atoms with van der Waals surface area (Å²) in [7, 11) is -0.492. The molecule has 0 fully saturated rings. The average Bonchev–Trinajstić information content (AvgIpc) is 2.71. The Hall–Kier alpha value is -1.91. The van der Waals surface area contributed by atoms with Crippen LogP contribution >= 0.6 is 0 Å². The summed E-state index contributed by atoms with van der Waals surface area (Å²) in [5.74, 6) is 4.09. The summed E-state index contributed by atoms with van der Waals surface area (Å²) in [6.07, 6.45) is 9.88. The molecule has 1 aromatic carbocycles. The van der Waals surface area contributed by atoms with E-state index in [0.29, 0.717) is 42.1 Å². The molecule has 0 aliphatic heterocycles. The van der Waals surface area contributed by atoms with Gasteiger partial charge in [-0.05, 0) is 59.8 Å². The molecule has 0 spiro atoms. The highest BCUT2D eigenvalue weighted by Crippen LogP contribution is 2.16. The highest BCUT2D eigenvalue weighted by Gasteiger charge is 2.17. The van der Waals surface area contributed by atoms with Crippen molar-refractivity contribution in [1.82, 2.24) is 4.90 Å².